The molecule has 0 aliphatic heterocycles. The molecule has 0 aliphatic carbocycles. The number of ether oxygens (including phenoxy) is 2. The summed E-state index contributed by atoms with van der Waals surface area (Å²) >= 11 is 6.14. The highest BCUT2D eigenvalue weighted by molar-refractivity contribution is 6.32. The standard InChI is InChI=1S/C19H20ClN5O2/c1-11-5-6-13(7-12(11)2)22-19-24-18(10-21-25-19)23-15-9-16(26-3)14(20)8-17(15)27-4/h5-10H,1-4H3,(H2,22,23,24,25). The van der Waals surface area contributed by atoms with Gasteiger partial charge in [-0.15, -0.1) is 5.10 Å². The molecule has 0 amide bonds. The molecule has 2 aromatic carbocycles. The molecule has 7 nitrogen and oxygen atoms in total. The number of hydrogen-bond donors (Lipinski definition) is 2. The van der Waals surface area contributed by atoms with Crippen LogP contribution in [-0.2, 0) is 0 Å². The van der Waals surface area contributed by atoms with Crippen LogP contribution in [0.3, 0.4) is 0 Å². The van der Waals surface area contributed by atoms with E-state index in [1.807, 2.05) is 18.2 Å². The maximum absolute atomic E-state index is 6.14. The molecule has 0 fully saturated rings. The molecule has 0 radical (unpaired) electrons. The fourth-order valence-electron chi connectivity index (χ4n) is 2.46. The molecular formula is C19H20ClN5O2. The lowest BCUT2D eigenvalue weighted by Crippen LogP contribution is -2.03. The Kier molecular flexibility index (Phi) is 5.61. The maximum atomic E-state index is 6.14. The fourth-order valence-corrected chi connectivity index (χ4v) is 2.69. The Balaban J connectivity index is 1.85. The Morgan fingerprint density at radius 1 is 0.926 bits per heavy atom. The summed E-state index contributed by atoms with van der Waals surface area (Å²) in [7, 11) is 3.11. The molecule has 0 saturated heterocycles. The van der Waals surface area contributed by atoms with Gasteiger partial charge in [0.15, 0.2) is 5.82 Å². The lowest BCUT2D eigenvalue weighted by atomic mass is 10.1. The van der Waals surface area contributed by atoms with E-state index in [9.17, 15) is 0 Å². The van der Waals surface area contributed by atoms with Crippen molar-refractivity contribution in [2.24, 2.45) is 0 Å². The fraction of sp³-hybridized carbons (Fsp3) is 0.211. The van der Waals surface area contributed by atoms with Gasteiger partial charge in [-0.05, 0) is 37.1 Å². The number of nitrogens with one attached hydrogen (secondary N) is 2. The average Bonchev–Trinajstić information content (AvgIpc) is 2.66. The summed E-state index contributed by atoms with van der Waals surface area (Å²) < 4.78 is 10.6. The summed E-state index contributed by atoms with van der Waals surface area (Å²) in [4.78, 5) is 4.44. The maximum Gasteiger partial charge on any atom is 0.249 e. The lowest BCUT2D eigenvalue weighted by Gasteiger charge is -2.13. The van der Waals surface area contributed by atoms with Gasteiger partial charge in [0.25, 0.3) is 0 Å². The summed E-state index contributed by atoms with van der Waals surface area (Å²) in [6, 6.07) is 9.45. The van der Waals surface area contributed by atoms with E-state index in [0.717, 1.165) is 5.69 Å². The molecule has 0 aliphatic rings. The minimum atomic E-state index is 0.378. The van der Waals surface area contributed by atoms with Gasteiger partial charge in [-0.2, -0.15) is 10.1 Å². The summed E-state index contributed by atoms with van der Waals surface area (Å²) in [5, 5.41) is 14.8. The second-order valence-electron chi connectivity index (χ2n) is 5.90. The summed E-state index contributed by atoms with van der Waals surface area (Å²) in [6.07, 6.45) is 1.52. The van der Waals surface area contributed by atoms with E-state index in [1.54, 1.807) is 26.4 Å². The molecule has 2 N–H and O–H groups in total. The van der Waals surface area contributed by atoms with Crippen LogP contribution in [0.4, 0.5) is 23.1 Å². The van der Waals surface area contributed by atoms with E-state index in [0.29, 0.717) is 34.0 Å². The molecule has 3 rings (SSSR count). The first-order valence-electron chi connectivity index (χ1n) is 8.22. The van der Waals surface area contributed by atoms with Crippen molar-refractivity contribution in [3.8, 4) is 11.5 Å². The Labute approximate surface area is 162 Å². The number of anilines is 4. The van der Waals surface area contributed by atoms with Gasteiger partial charge in [0.1, 0.15) is 11.5 Å². The summed E-state index contributed by atoms with van der Waals surface area (Å²) in [6.45, 7) is 4.12. The van der Waals surface area contributed by atoms with Crippen LogP contribution in [0.25, 0.3) is 0 Å². The van der Waals surface area contributed by atoms with Crippen molar-refractivity contribution in [2.45, 2.75) is 13.8 Å². The van der Waals surface area contributed by atoms with E-state index in [1.165, 1.54) is 17.3 Å². The van der Waals surface area contributed by atoms with Gasteiger partial charge in [-0.3, -0.25) is 0 Å². The number of methoxy groups -OCH3 is 2. The summed E-state index contributed by atoms with van der Waals surface area (Å²) in [5.74, 6) is 1.96. The monoisotopic (exact) mass is 385 g/mol. The molecule has 0 unspecified atom stereocenters. The highest BCUT2D eigenvalue weighted by Crippen LogP contribution is 2.37. The zero-order valence-electron chi connectivity index (χ0n) is 15.5. The number of halogens is 1. The molecule has 8 heteroatoms. The zero-order chi connectivity index (χ0) is 19.4. The van der Waals surface area contributed by atoms with Gasteiger partial charge in [-0.25, -0.2) is 0 Å². The number of aryl methyl sites for hydroxylation is 2. The minimum Gasteiger partial charge on any atom is -0.495 e. The molecule has 140 valence electrons. The predicted octanol–water partition coefficient (Wildman–Crippen LogP) is 4.65. The average molecular weight is 386 g/mol. The van der Waals surface area contributed by atoms with Gasteiger partial charge in [-0.1, -0.05) is 17.7 Å². The van der Waals surface area contributed by atoms with Crippen LogP contribution in [0.2, 0.25) is 5.02 Å². The van der Waals surface area contributed by atoms with Crippen molar-refractivity contribution < 1.29 is 9.47 Å². The molecule has 0 bridgehead atoms. The number of hydrogen-bond acceptors (Lipinski definition) is 7. The van der Waals surface area contributed by atoms with Crippen molar-refractivity contribution in [1.82, 2.24) is 15.2 Å². The van der Waals surface area contributed by atoms with Crippen LogP contribution in [0.15, 0.2) is 36.5 Å². The van der Waals surface area contributed by atoms with E-state index in [2.05, 4.69) is 39.7 Å². The molecule has 1 heterocycles. The molecule has 0 saturated carbocycles. The van der Waals surface area contributed by atoms with Crippen molar-refractivity contribution in [3.05, 3.63) is 52.7 Å². The number of nitrogens with zero attached hydrogens (tertiary/aromatic N) is 3. The topological polar surface area (TPSA) is 81.2 Å². The number of aromatic nitrogens is 3. The normalized spacial score (nSPS) is 10.4. The molecular weight excluding hydrogens is 366 g/mol. The Bertz CT molecular complexity index is 965. The van der Waals surface area contributed by atoms with E-state index >= 15 is 0 Å². The molecule has 3 aromatic rings. The SMILES string of the molecule is COc1cc(Nc2cnnc(Nc3ccc(C)c(C)c3)n2)c(OC)cc1Cl. The van der Waals surface area contributed by atoms with Crippen LogP contribution < -0.4 is 20.1 Å². The first-order chi connectivity index (χ1) is 13.0. The van der Waals surface area contributed by atoms with Gasteiger partial charge in [0, 0.05) is 17.8 Å². The number of benzene rings is 2. The van der Waals surface area contributed by atoms with Crippen molar-refractivity contribution in [1.29, 1.82) is 0 Å². The van der Waals surface area contributed by atoms with Gasteiger partial charge < -0.3 is 20.1 Å². The zero-order valence-corrected chi connectivity index (χ0v) is 16.3. The lowest BCUT2D eigenvalue weighted by molar-refractivity contribution is 0.405. The van der Waals surface area contributed by atoms with Crippen LogP contribution in [0, 0.1) is 13.8 Å². The third-order valence-electron chi connectivity index (χ3n) is 4.06. The highest BCUT2D eigenvalue weighted by Gasteiger charge is 2.11. The third kappa shape index (κ3) is 4.38. The first-order valence-corrected chi connectivity index (χ1v) is 8.60. The molecule has 1 aromatic heterocycles. The second kappa shape index (κ2) is 8.09. The van der Waals surface area contributed by atoms with Crippen molar-refractivity contribution in [3.63, 3.8) is 0 Å². The minimum absolute atomic E-state index is 0.378. The third-order valence-corrected chi connectivity index (χ3v) is 4.35. The Hall–Kier alpha value is -3.06. The molecule has 27 heavy (non-hydrogen) atoms. The van der Waals surface area contributed by atoms with E-state index < -0.39 is 0 Å². The smallest absolute Gasteiger partial charge is 0.249 e. The van der Waals surface area contributed by atoms with Crippen molar-refractivity contribution >= 4 is 34.7 Å². The largest absolute Gasteiger partial charge is 0.495 e. The molecule has 0 atom stereocenters. The van der Waals surface area contributed by atoms with Crippen LogP contribution >= 0.6 is 11.6 Å². The summed E-state index contributed by atoms with van der Waals surface area (Å²) in [5.41, 5.74) is 3.94. The van der Waals surface area contributed by atoms with Crippen LogP contribution in [0.1, 0.15) is 11.1 Å². The first kappa shape index (κ1) is 18.7. The van der Waals surface area contributed by atoms with Gasteiger partial charge in [0.05, 0.1) is 31.1 Å². The van der Waals surface area contributed by atoms with Crippen molar-refractivity contribution in [2.75, 3.05) is 24.9 Å². The predicted molar refractivity (Wildman–Crippen MR) is 107 cm³/mol. The van der Waals surface area contributed by atoms with Crippen LogP contribution in [0.5, 0.6) is 11.5 Å². The highest BCUT2D eigenvalue weighted by atomic mass is 35.5. The van der Waals surface area contributed by atoms with Gasteiger partial charge in [0.2, 0.25) is 5.95 Å². The van der Waals surface area contributed by atoms with Gasteiger partial charge >= 0.3 is 0 Å². The second-order valence-corrected chi connectivity index (χ2v) is 6.31. The molecule has 0 spiro atoms. The van der Waals surface area contributed by atoms with E-state index in [4.69, 9.17) is 21.1 Å². The quantitative estimate of drug-likeness (QED) is 0.639. The van der Waals surface area contributed by atoms with E-state index in [-0.39, 0.29) is 0 Å². The van der Waals surface area contributed by atoms with Crippen LogP contribution in [-0.4, -0.2) is 29.4 Å². The Morgan fingerprint density at radius 3 is 2.41 bits per heavy atom. The Morgan fingerprint density at radius 2 is 1.70 bits per heavy atom. The number of rotatable bonds is 6.